The lowest BCUT2D eigenvalue weighted by Gasteiger charge is -2.09. The molecule has 0 aliphatic rings. The molecule has 3 aromatic carbocycles. The summed E-state index contributed by atoms with van der Waals surface area (Å²) in [6, 6.07) is 25.1. The van der Waals surface area contributed by atoms with Crippen molar-refractivity contribution in [2.24, 2.45) is 0 Å². The van der Waals surface area contributed by atoms with Gasteiger partial charge in [-0.15, -0.1) is 0 Å². The van der Waals surface area contributed by atoms with Gasteiger partial charge in [-0.3, -0.25) is 4.79 Å². The number of para-hydroxylation sites is 1. The number of carbonyl (C=O) groups is 1. The molecule has 0 aliphatic heterocycles. The highest BCUT2D eigenvalue weighted by molar-refractivity contribution is 5.76. The zero-order valence-electron chi connectivity index (χ0n) is 13.3. The normalized spacial score (nSPS) is 11.7. The van der Waals surface area contributed by atoms with E-state index in [4.69, 9.17) is 9.84 Å². The van der Waals surface area contributed by atoms with Crippen molar-refractivity contribution in [2.75, 3.05) is 0 Å². The maximum absolute atomic E-state index is 11.0. The van der Waals surface area contributed by atoms with Gasteiger partial charge < -0.3 is 9.84 Å². The summed E-state index contributed by atoms with van der Waals surface area (Å²) >= 11 is 0. The van der Waals surface area contributed by atoms with E-state index < -0.39 is 11.9 Å². The number of ether oxygens (including phenoxy) is 1. The van der Waals surface area contributed by atoms with E-state index >= 15 is 0 Å². The number of carboxylic acid groups (broad SMARTS) is 1. The summed E-state index contributed by atoms with van der Waals surface area (Å²) < 4.78 is 5.78. The van der Waals surface area contributed by atoms with Crippen molar-refractivity contribution in [1.29, 1.82) is 0 Å². The first-order chi connectivity index (χ1) is 11.6. The van der Waals surface area contributed by atoms with Crippen LogP contribution in [0.25, 0.3) is 11.1 Å². The highest BCUT2D eigenvalue weighted by Crippen LogP contribution is 2.27. The lowest BCUT2D eigenvalue weighted by atomic mass is 9.98. The number of carboxylic acids is 1. The molecule has 0 heterocycles. The summed E-state index contributed by atoms with van der Waals surface area (Å²) in [7, 11) is 0. The first-order valence-corrected chi connectivity index (χ1v) is 7.79. The van der Waals surface area contributed by atoms with Crippen molar-refractivity contribution < 1.29 is 14.6 Å². The van der Waals surface area contributed by atoms with Crippen LogP contribution in [0.1, 0.15) is 18.4 Å². The van der Waals surface area contributed by atoms with Gasteiger partial charge in [0.05, 0.1) is 5.92 Å². The van der Waals surface area contributed by atoms with E-state index in [0.29, 0.717) is 0 Å². The smallest absolute Gasteiger partial charge is 0.310 e. The molecule has 0 aliphatic carbocycles. The highest BCUT2D eigenvalue weighted by atomic mass is 16.5. The summed E-state index contributed by atoms with van der Waals surface area (Å²) in [4.78, 5) is 11.0. The molecule has 0 amide bonds. The number of hydrogen-bond acceptors (Lipinski definition) is 2. The van der Waals surface area contributed by atoms with E-state index in [9.17, 15) is 4.79 Å². The fraction of sp³-hybridized carbons (Fsp3) is 0.0952. The third-order valence-corrected chi connectivity index (χ3v) is 3.95. The van der Waals surface area contributed by atoms with Gasteiger partial charge in [-0.05, 0) is 47.9 Å². The van der Waals surface area contributed by atoms with Crippen LogP contribution in [0.2, 0.25) is 0 Å². The lowest BCUT2D eigenvalue weighted by Crippen LogP contribution is -2.06. The van der Waals surface area contributed by atoms with Gasteiger partial charge in [-0.1, -0.05) is 54.6 Å². The molecular formula is C21H18O3. The van der Waals surface area contributed by atoms with E-state index in [1.807, 2.05) is 78.9 Å². The maximum Gasteiger partial charge on any atom is 0.310 e. The summed E-state index contributed by atoms with van der Waals surface area (Å²) in [5, 5.41) is 9.06. The molecular weight excluding hydrogens is 300 g/mol. The Labute approximate surface area is 141 Å². The van der Waals surface area contributed by atoms with Crippen molar-refractivity contribution in [1.82, 2.24) is 0 Å². The van der Waals surface area contributed by atoms with Crippen LogP contribution in [0.4, 0.5) is 0 Å². The van der Waals surface area contributed by atoms with Crippen LogP contribution in [0.3, 0.4) is 0 Å². The predicted molar refractivity (Wildman–Crippen MR) is 94.4 cm³/mol. The Morgan fingerprint density at radius 3 is 1.83 bits per heavy atom. The van der Waals surface area contributed by atoms with Crippen LogP contribution in [0.15, 0.2) is 78.9 Å². The molecule has 3 heteroatoms. The SMILES string of the molecule is CC(C(=O)O)c1ccc(-c2ccc(Oc3ccccc3)cc2)cc1. The second-order valence-electron chi connectivity index (χ2n) is 5.62. The number of hydrogen-bond donors (Lipinski definition) is 1. The molecule has 0 radical (unpaired) electrons. The molecule has 24 heavy (non-hydrogen) atoms. The lowest BCUT2D eigenvalue weighted by molar-refractivity contribution is -0.138. The van der Waals surface area contributed by atoms with Crippen molar-refractivity contribution in [3.63, 3.8) is 0 Å². The third-order valence-electron chi connectivity index (χ3n) is 3.95. The molecule has 1 N–H and O–H groups in total. The van der Waals surface area contributed by atoms with Crippen LogP contribution in [-0.4, -0.2) is 11.1 Å². The van der Waals surface area contributed by atoms with E-state index in [1.165, 1.54) is 0 Å². The molecule has 0 saturated carbocycles. The van der Waals surface area contributed by atoms with Crippen LogP contribution >= 0.6 is 0 Å². The Morgan fingerprint density at radius 2 is 1.29 bits per heavy atom. The third kappa shape index (κ3) is 3.63. The Kier molecular flexibility index (Phi) is 4.62. The fourth-order valence-corrected chi connectivity index (χ4v) is 2.45. The number of aliphatic carboxylic acids is 1. The molecule has 3 rings (SSSR count). The minimum Gasteiger partial charge on any atom is -0.481 e. The molecule has 120 valence electrons. The molecule has 3 aromatic rings. The fourth-order valence-electron chi connectivity index (χ4n) is 2.45. The molecule has 1 unspecified atom stereocenters. The van der Waals surface area contributed by atoms with E-state index in [1.54, 1.807) is 6.92 Å². The van der Waals surface area contributed by atoms with Gasteiger partial charge in [-0.25, -0.2) is 0 Å². The average molecular weight is 318 g/mol. The van der Waals surface area contributed by atoms with Crippen LogP contribution in [0.5, 0.6) is 11.5 Å². The predicted octanol–water partition coefficient (Wildman–Crippen LogP) is 5.33. The molecule has 0 aromatic heterocycles. The second kappa shape index (κ2) is 7.01. The second-order valence-corrected chi connectivity index (χ2v) is 5.62. The highest BCUT2D eigenvalue weighted by Gasteiger charge is 2.13. The standard InChI is InChI=1S/C21H18O3/c1-15(21(22)23)16-7-9-17(10-8-16)18-11-13-20(14-12-18)24-19-5-3-2-4-6-19/h2-15H,1H3,(H,22,23). The number of benzene rings is 3. The zero-order chi connectivity index (χ0) is 16.9. The molecule has 0 spiro atoms. The molecule has 0 saturated heterocycles. The van der Waals surface area contributed by atoms with E-state index in [-0.39, 0.29) is 0 Å². The van der Waals surface area contributed by atoms with Gasteiger partial charge in [0.2, 0.25) is 0 Å². The largest absolute Gasteiger partial charge is 0.481 e. The van der Waals surface area contributed by atoms with Gasteiger partial charge in [0.15, 0.2) is 0 Å². The van der Waals surface area contributed by atoms with Gasteiger partial charge >= 0.3 is 5.97 Å². The first-order valence-electron chi connectivity index (χ1n) is 7.79. The Balaban J connectivity index is 1.75. The average Bonchev–Trinajstić information content (AvgIpc) is 2.63. The van der Waals surface area contributed by atoms with Crippen molar-refractivity contribution in [3.05, 3.63) is 84.4 Å². The summed E-state index contributed by atoms with van der Waals surface area (Å²) in [5.41, 5.74) is 2.91. The topological polar surface area (TPSA) is 46.5 Å². The van der Waals surface area contributed by atoms with Gasteiger partial charge in [-0.2, -0.15) is 0 Å². The van der Waals surface area contributed by atoms with Gasteiger partial charge in [0.1, 0.15) is 11.5 Å². The van der Waals surface area contributed by atoms with Gasteiger partial charge in [0.25, 0.3) is 0 Å². The quantitative estimate of drug-likeness (QED) is 0.691. The molecule has 3 nitrogen and oxygen atoms in total. The molecule has 0 bridgehead atoms. The van der Waals surface area contributed by atoms with E-state index in [2.05, 4.69) is 0 Å². The van der Waals surface area contributed by atoms with Crippen molar-refractivity contribution in [3.8, 4) is 22.6 Å². The monoisotopic (exact) mass is 318 g/mol. The first kappa shape index (κ1) is 15.8. The summed E-state index contributed by atoms with van der Waals surface area (Å²) in [6.07, 6.45) is 0. The minimum atomic E-state index is -0.815. The van der Waals surface area contributed by atoms with Gasteiger partial charge in [0, 0.05) is 0 Å². The van der Waals surface area contributed by atoms with Crippen molar-refractivity contribution >= 4 is 5.97 Å². The van der Waals surface area contributed by atoms with E-state index in [0.717, 1.165) is 28.2 Å². The Hall–Kier alpha value is -3.07. The minimum absolute atomic E-state index is 0.499. The Bertz CT molecular complexity index is 806. The summed E-state index contributed by atoms with van der Waals surface area (Å²) in [6.45, 7) is 1.69. The molecule has 1 atom stereocenters. The van der Waals surface area contributed by atoms with Crippen LogP contribution in [0, 0.1) is 0 Å². The van der Waals surface area contributed by atoms with Crippen LogP contribution in [-0.2, 0) is 4.79 Å². The molecule has 0 fully saturated rings. The van der Waals surface area contributed by atoms with Crippen molar-refractivity contribution in [2.45, 2.75) is 12.8 Å². The number of rotatable bonds is 5. The zero-order valence-corrected chi connectivity index (χ0v) is 13.3. The Morgan fingerprint density at radius 1 is 0.792 bits per heavy atom. The van der Waals surface area contributed by atoms with Crippen LogP contribution < -0.4 is 4.74 Å². The maximum atomic E-state index is 11.0. The summed E-state index contributed by atoms with van der Waals surface area (Å²) in [5.74, 6) is 0.268.